The summed E-state index contributed by atoms with van der Waals surface area (Å²) in [5.74, 6) is 0. The first kappa shape index (κ1) is 11.9. The molecule has 1 aromatic carbocycles. The van der Waals surface area contributed by atoms with E-state index in [4.69, 9.17) is 5.11 Å². The van der Waals surface area contributed by atoms with Gasteiger partial charge in [0.1, 0.15) is 6.29 Å². The number of aliphatic hydroxyl groups excluding tert-OH is 1. The molecule has 76 valence electrons. The molecule has 0 fully saturated rings. The van der Waals surface area contributed by atoms with E-state index in [-0.39, 0.29) is 16.3 Å². The highest BCUT2D eigenvalue weighted by Gasteiger charge is 2.16. The number of aldehydes is 1. The van der Waals surface area contributed by atoms with Gasteiger partial charge in [-0.2, -0.15) is 0 Å². The Kier molecular flexibility index (Phi) is 4.78. The van der Waals surface area contributed by atoms with Crippen LogP contribution in [0.5, 0.6) is 0 Å². The fourth-order valence-electron chi connectivity index (χ4n) is 1.11. The van der Waals surface area contributed by atoms with Crippen LogP contribution in [0.25, 0.3) is 0 Å². The van der Waals surface area contributed by atoms with Crippen molar-refractivity contribution in [1.29, 1.82) is 0 Å². The number of benzene rings is 1. The molecule has 0 radical (unpaired) electrons. The van der Waals surface area contributed by atoms with E-state index < -0.39 is 0 Å². The van der Waals surface area contributed by atoms with Gasteiger partial charge < -0.3 is 5.11 Å². The molecule has 0 aliphatic rings. The molecule has 0 bridgehead atoms. The Labute approximate surface area is 99.6 Å². The summed E-state index contributed by atoms with van der Waals surface area (Å²) < 4.78 is 0. The molecule has 0 unspecified atom stereocenters. The molecule has 0 saturated carbocycles. The molecule has 1 N–H and O–H groups in total. The molecule has 1 rings (SSSR count). The number of halogens is 2. The minimum atomic E-state index is -0.0515. The van der Waals surface area contributed by atoms with Gasteiger partial charge in [-0.05, 0) is 11.6 Å². The Morgan fingerprint density at radius 2 is 2.14 bits per heavy atom. The van der Waals surface area contributed by atoms with Gasteiger partial charge in [-0.25, -0.2) is 0 Å². The lowest BCUT2D eigenvalue weighted by atomic mass is 10.1. The normalized spacial score (nSPS) is 14.8. The van der Waals surface area contributed by atoms with Crippen molar-refractivity contribution < 1.29 is 9.90 Å². The van der Waals surface area contributed by atoms with Gasteiger partial charge in [0.25, 0.3) is 0 Å². The third-order valence-corrected chi connectivity index (χ3v) is 4.55. The monoisotopic (exact) mass is 320 g/mol. The molecule has 0 aromatic heterocycles. The van der Waals surface area contributed by atoms with Crippen LogP contribution in [0.3, 0.4) is 0 Å². The molecular formula is C10H10Br2O2. The second-order valence-electron chi connectivity index (χ2n) is 2.89. The predicted molar refractivity (Wildman–Crippen MR) is 63.3 cm³/mol. The zero-order chi connectivity index (χ0) is 10.6. The summed E-state index contributed by atoms with van der Waals surface area (Å²) in [5.41, 5.74) is 1.62. The lowest BCUT2D eigenvalue weighted by molar-refractivity contribution is 0.112. The van der Waals surface area contributed by atoms with E-state index in [1.807, 2.05) is 12.1 Å². The van der Waals surface area contributed by atoms with E-state index in [9.17, 15) is 4.79 Å². The summed E-state index contributed by atoms with van der Waals surface area (Å²) in [6.07, 6.45) is 0.811. The van der Waals surface area contributed by atoms with Crippen molar-refractivity contribution in [2.75, 3.05) is 6.61 Å². The maximum atomic E-state index is 10.5. The largest absolute Gasteiger partial charge is 0.395 e. The Bertz CT molecular complexity index is 315. The summed E-state index contributed by atoms with van der Waals surface area (Å²) in [6.45, 7) is 0.0429. The third kappa shape index (κ3) is 2.90. The van der Waals surface area contributed by atoms with E-state index in [2.05, 4.69) is 31.9 Å². The molecule has 0 aliphatic carbocycles. The molecule has 0 heterocycles. The van der Waals surface area contributed by atoms with Crippen molar-refractivity contribution in [2.24, 2.45) is 0 Å². The molecule has 1 aromatic rings. The van der Waals surface area contributed by atoms with Gasteiger partial charge in [0.05, 0.1) is 16.3 Å². The zero-order valence-corrected chi connectivity index (χ0v) is 10.5. The third-order valence-electron chi connectivity index (χ3n) is 1.86. The van der Waals surface area contributed by atoms with Gasteiger partial charge in [0, 0.05) is 5.56 Å². The van der Waals surface area contributed by atoms with Crippen molar-refractivity contribution in [1.82, 2.24) is 0 Å². The SMILES string of the molecule is O=Cc1cccc([C@H](Br)[C@H](Br)CO)c1. The molecule has 4 heteroatoms. The minimum absolute atomic E-state index is 0.00685. The van der Waals surface area contributed by atoms with Crippen molar-refractivity contribution in [3.05, 3.63) is 35.4 Å². The van der Waals surface area contributed by atoms with Crippen LogP contribution >= 0.6 is 31.9 Å². The number of carbonyl (C=O) groups excluding carboxylic acids is 1. The number of hydrogen-bond acceptors (Lipinski definition) is 2. The van der Waals surface area contributed by atoms with Gasteiger partial charge >= 0.3 is 0 Å². The summed E-state index contributed by atoms with van der Waals surface area (Å²) in [5, 5.41) is 8.95. The fraction of sp³-hybridized carbons (Fsp3) is 0.300. The van der Waals surface area contributed by atoms with Crippen LogP contribution in [0.15, 0.2) is 24.3 Å². The van der Waals surface area contributed by atoms with Crippen LogP contribution in [0.2, 0.25) is 0 Å². The molecule has 0 amide bonds. The highest BCUT2D eigenvalue weighted by molar-refractivity contribution is 9.12. The molecular weight excluding hydrogens is 312 g/mol. The molecule has 14 heavy (non-hydrogen) atoms. The summed E-state index contributed by atoms with van der Waals surface area (Å²) in [6, 6.07) is 7.29. The molecule has 0 aliphatic heterocycles. The number of aliphatic hydroxyl groups is 1. The van der Waals surface area contributed by atoms with Crippen LogP contribution in [0.1, 0.15) is 20.7 Å². The average Bonchev–Trinajstić information content (AvgIpc) is 2.27. The first-order valence-corrected chi connectivity index (χ1v) is 5.96. The first-order chi connectivity index (χ1) is 6.69. The smallest absolute Gasteiger partial charge is 0.150 e. The number of rotatable bonds is 4. The molecule has 2 nitrogen and oxygen atoms in total. The second kappa shape index (κ2) is 5.63. The second-order valence-corrected chi connectivity index (χ2v) is 5.05. The number of carbonyl (C=O) groups is 1. The quantitative estimate of drug-likeness (QED) is 0.684. The highest BCUT2D eigenvalue weighted by Crippen LogP contribution is 2.30. The van der Waals surface area contributed by atoms with Crippen molar-refractivity contribution >= 4 is 38.1 Å². The van der Waals surface area contributed by atoms with Crippen LogP contribution < -0.4 is 0 Å². The molecule has 2 atom stereocenters. The molecule has 0 spiro atoms. The van der Waals surface area contributed by atoms with Crippen LogP contribution in [-0.4, -0.2) is 22.8 Å². The Morgan fingerprint density at radius 3 is 2.71 bits per heavy atom. The zero-order valence-electron chi connectivity index (χ0n) is 7.36. The number of hydrogen-bond donors (Lipinski definition) is 1. The van der Waals surface area contributed by atoms with E-state index >= 15 is 0 Å². The Balaban J connectivity index is 2.89. The molecule has 0 saturated heterocycles. The minimum Gasteiger partial charge on any atom is -0.395 e. The van der Waals surface area contributed by atoms with E-state index in [0.717, 1.165) is 11.8 Å². The van der Waals surface area contributed by atoms with E-state index in [1.54, 1.807) is 12.1 Å². The van der Waals surface area contributed by atoms with Crippen molar-refractivity contribution in [3.8, 4) is 0 Å². The van der Waals surface area contributed by atoms with Gasteiger partial charge in [-0.15, -0.1) is 0 Å². The first-order valence-electron chi connectivity index (χ1n) is 4.13. The van der Waals surface area contributed by atoms with Gasteiger partial charge in [-0.3, -0.25) is 4.79 Å². The summed E-state index contributed by atoms with van der Waals surface area (Å²) >= 11 is 6.79. The van der Waals surface area contributed by atoms with Crippen molar-refractivity contribution in [3.63, 3.8) is 0 Å². The average molecular weight is 322 g/mol. The van der Waals surface area contributed by atoms with Gasteiger partial charge in [0.15, 0.2) is 0 Å². The lowest BCUT2D eigenvalue weighted by Crippen LogP contribution is -2.11. The highest BCUT2D eigenvalue weighted by atomic mass is 79.9. The number of alkyl halides is 2. The maximum Gasteiger partial charge on any atom is 0.150 e. The van der Waals surface area contributed by atoms with E-state index in [1.165, 1.54) is 0 Å². The fourth-order valence-corrected chi connectivity index (χ4v) is 1.86. The van der Waals surface area contributed by atoms with Crippen LogP contribution in [-0.2, 0) is 0 Å². The van der Waals surface area contributed by atoms with Crippen molar-refractivity contribution in [2.45, 2.75) is 9.65 Å². The van der Waals surface area contributed by atoms with Crippen LogP contribution in [0, 0.1) is 0 Å². The van der Waals surface area contributed by atoms with Gasteiger partial charge in [0.2, 0.25) is 0 Å². The topological polar surface area (TPSA) is 37.3 Å². The Hall–Kier alpha value is -0.190. The standard InChI is InChI=1S/C10H10Br2O2/c11-9(6-14)10(12)8-3-1-2-7(4-8)5-13/h1-5,9-10,14H,6H2/t9-,10+/m1/s1. The summed E-state index contributed by atoms with van der Waals surface area (Å²) in [4.78, 5) is 10.5. The van der Waals surface area contributed by atoms with E-state index in [0.29, 0.717) is 5.56 Å². The maximum absolute atomic E-state index is 10.5. The van der Waals surface area contributed by atoms with Crippen LogP contribution in [0.4, 0.5) is 0 Å². The predicted octanol–water partition coefficient (Wildman–Crippen LogP) is 2.69. The Morgan fingerprint density at radius 1 is 1.43 bits per heavy atom. The lowest BCUT2D eigenvalue weighted by Gasteiger charge is -2.14. The van der Waals surface area contributed by atoms with Gasteiger partial charge in [-0.1, -0.05) is 50.1 Å². The summed E-state index contributed by atoms with van der Waals surface area (Å²) in [7, 11) is 0.